The van der Waals surface area contributed by atoms with Crippen LogP contribution in [-0.4, -0.2) is 68.0 Å². The van der Waals surface area contributed by atoms with Crippen molar-refractivity contribution in [1.82, 2.24) is 15.1 Å². The first-order valence-corrected chi connectivity index (χ1v) is 10.1. The lowest BCUT2D eigenvalue weighted by atomic mass is 10.1. The van der Waals surface area contributed by atoms with Crippen LogP contribution in [0.15, 0.2) is 35.3 Å². The van der Waals surface area contributed by atoms with Crippen LogP contribution < -0.4 is 5.32 Å². The lowest BCUT2D eigenvalue weighted by molar-refractivity contribution is -0.130. The largest absolute Gasteiger partial charge is 0.376 e. The number of likely N-dealkylation sites (tertiary alicyclic amines) is 2. The number of benzene rings is 1. The van der Waals surface area contributed by atoms with Gasteiger partial charge in [-0.3, -0.25) is 9.79 Å². The number of guanidine groups is 1. The van der Waals surface area contributed by atoms with Gasteiger partial charge >= 0.3 is 0 Å². The van der Waals surface area contributed by atoms with Gasteiger partial charge in [0, 0.05) is 39.1 Å². The molecule has 1 unspecified atom stereocenters. The van der Waals surface area contributed by atoms with E-state index in [-0.39, 0.29) is 29.9 Å². The Morgan fingerprint density at radius 1 is 1.14 bits per heavy atom. The van der Waals surface area contributed by atoms with Crippen molar-refractivity contribution in [3.05, 3.63) is 35.9 Å². The lowest BCUT2D eigenvalue weighted by Crippen LogP contribution is -2.47. The Balaban J connectivity index is 0.00000280. The molecule has 0 aliphatic carbocycles. The number of carbonyl (C=O) groups is 1. The molecule has 1 amide bonds. The molecule has 0 saturated carbocycles. The zero-order valence-corrected chi connectivity index (χ0v) is 19.1. The van der Waals surface area contributed by atoms with E-state index in [1.54, 1.807) is 7.05 Å². The molecule has 28 heavy (non-hydrogen) atoms. The molecule has 2 saturated heterocycles. The fraction of sp³-hybridized carbons (Fsp3) is 0.619. The molecule has 7 heteroatoms. The summed E-state index contributed by atoms with van der Waals surface area (Å²) in [7, 11) is 1.78. The first-order valence-electron chi connectivity index (χ1n) is 10.1. The summed E-state index contributed by atoms with van der Waals surface area (Å²) in [5.74, 6) is 1.51. The van der Waals surface area contributed by atoms with E-state index in [2.05, 4.69) is 27.3 Å². The Bertz CT molecular complexity index is 620. The van der Waals surface area contributed by atoms with E-state index < -0.39 is 0 Å². The van der Waals surface area contributed by atoms with E-state index in [1.165, 1.54) is 12.0 Å². The molecule has 2 fully saturated rings. The van der Waals surface area contributed by atoms with Crippen LogP contribution in [0, 0.1) is 5.92 Å². The average Bonchev–Trinajstić information content (AvgIpc) is 3.18. The number of ether oxygens (including phenoxy) is 1. The van der Waals surface area contributed by atoms with Crippen molar-refractivity contribution in [3.8, 4) is 0 Å². The number of aliphatic imine (C=N–C) groups is 1. The van der Waals surface area contributed by atoms with Crippen LogP contribution in [0.2, 0.25) is 0 Å². The van der Waals surface area contributed by atoms with Crippen LogP contribution >= 0.6 is 24.0 Å². The van der Waals surface area contributed by atoms with Crippen molar-refractivity contribution in [2.75, 3.05) is 46.4 Å². The summed E-state index contributed by atoms with van der Waals surface area (Å²) in [4.78, 5) is 20.9. The summed E-state index contributed by atoms with van der Waals surface area (Å²) >= 11 is 0. The molecule has 1 aromatic rings. The second-order valence-electron chi connectivity index (χ2n) is 7.44. The van der Waals surface area contributed by atoms with Gasteiger partial charge in [-0.1, -0.05) is 30.3 Å². The van der Waals surface area contributed by atoms with Crippen molar-refractivity contribution in [1.29, 1.82) is 0 Å². The van der Waals surface area contributed by atoms with E-state index in [0.29, 0.717) is 19.1 Å². The van der Waals surface area contributed by atoms with Gasteiger partial charge in [0.25, 0.3) is 0 Å². The van der Waals surface area contributed by atoms with Crippen molar-refractivity contribution in [3.63, 3.8) is 0 Å². The van der Waals surface area contributed by atoms with Crippen LogP contribution in [-0.2, 0) is 16.1 Å². The topological polar surface area (TPSA) is 57.2 Å². The van der Waals surface area contributed by atoms with Crippen molar-refractivity contribution >= 4 is 35.8 Å². The fourth-order valence-corrected chi connectivity index (χ4v) is 3.82. The lowest BCUT2D eigenvalue weighted by Gasteiger charge is -2.28. The number of nitrogens with one attached hydrogen (secondary N) is 1. The molecule has 0 bridgehead atoms. The Kier molecular flexibility index (Phi) is 10.0. The Morgan fingerprint density at radius 2 is 1.89 bits per heavy atom. The number of hydrogen-bond acceptors (Lipinski definition) is 3. The fourth-order valence-electron chi connectivity index (χ4n) is 3.82. The minimum Gasteiger partial charge on any atom is -0.376 e. The molecule has 3 rings (SSSR count). The minimum atomic E-state index is 0. The molecule has 0 radical (unpaired) electrons. The molecule has 156 valence electrons. The van der Waals surface area contributed by atoms with Crippen molar-refractivity contribution < 1.29 is 9.53 Å². The van der Waals surface area contributed by atoms with E-state index in [4.69, 9.17) is 4.74 Å². The molecule has 1 aromatic carbocycles. The van der Waals surface area contributed by atoms with Gasteiger partial charge in [0.05, 0.1) is 19.8 Å². The number of halogens is 1. The van der Waals surface area contributed by atoms with Gasteiger partial charge in [-0.25, -0.2) is 0 Å². The molecule has 1 N–H and O–H groups in total. The second kappa shape index (κ2) is 12.3. The van der Waals surface area contributed by atoms with Crippen LogP contribution in [0.5, 0.6) is 0 Å². The number of piperidine rings is 1. The summed E-state index contributed by atoms with van der Waals surface area (Å²) in [6, 6.07) is 10.3. The molecule has 1 atom stereocenters. The second-order valence-corrected chi connectivity index (χ2v) is 7.44. The van der Waals surface area contributed by atoms with E-state index in [1.807, 2.05) is 23.1 Å². The van der Waals surface area contributed by atoms with Crippen LogP contribution in [0.1, 0.15) is 31.2 Å². The van der Waals surface area contributed by atoms with Crippen LogP contribution in [0.25, 0.3) is 0 Å². The highest BCUT2D eigenvalue weighted by Gasteiger charge is 2.25. The van der Waals surface area contributed by atoms with Gasteiger partial charge in [0.1, 0.15) is 0 Å². The molecular weight excluding hydrogens is 467 g/mol. The van der Waals surface area contributed by atoms with Crippen LogP contribution in [0.4, 0.5) is 0 Å². The van der Waals surface area contributed by atoms with Gasteiger partial charge < -0.3 is 19.9 Å². The number of hydrogen-bond donors (Lipinski definition) is 1. The van der Waals surface area contributed by atoms with Gasteiger partial charge in [-0.05, 0) is 31.2 Å². The Labute approximate surface area is 185 Å². The Hall–Kier alpha value is -1.35. The molecule has 2 heterocycles. The van der Waals surface area contributed by atoms with E-state index in [0.717, 1.165) is 58.0 Å². The summed E-state index contributed by atoms with van der Waals surface area (Å²) in [5, 5.41) is 3.25. The van der Waals surface area contributed by atoms with Gasteiger partial charge in [0.15, 0.2) is 5.96 Å². The Morgan fingerprint density at radius 3 is 2.61 bits per heavy atom. The zero-order chi connectivity index (χ0) is 18.9. The molecular formula is C21H33IN4O2. The monoisotopic (exact) mass is 500 g/mol. The highest BCUT2D eigenvalue weighted by Crippen LogP contribution is 2.17. The highest BCUT2D eigenvalue weighted by atomic mass is 127. The summed E-state index contributed by atoms with van der Waals surface area (Å²) < 4.78 is 5.90. The molecule has 6 nitrogen and oxygen atoms in total. The SMILES string of the molecule is CN=C(NCC(=O)N1CCCCC1)N1CCC(COCc2ccccc2)C1.I. The van der Waals surface area contributed by atoms with Gasteiger partial charge in [-0.2, -0.15) is 0 Å². The standard InChI is InChI=1S/C21H32N4O2.HI/c1-22-21(23-14-20(26)24-11-6-3-7-12-24)25-13-10-19(15-25)17-27-16-18-8-4-2-5-9-18;/h2,4-5,8-9,19H,3,6-7,10-17H2,1H3,(H,22,23);1H. The molecule has 0 spiro atoms. The number of rotatable bonds is 6. The third kappa shape index (κ3) is 6.92. The maximum absolute atomic E-state index is 12.3. The molecule has 2 aliphatic rings. The van der Waals surface area contributed by atoms with Crippen molar-refractivity contribution in [2.24, 2.45) is 10.9 Å². The van der Waals surface area contributed by atoms with Gasteiger partial charge in [-0.15, -0.1) is 24.0 Å². The zero-order valence-electron chi connectivity index (χ0n) is 16.8. The number of nitrogens with zero attached hydrogens (tertiary/aromatic N) is 3. The summed E-state index contributed by atoms with van der Waals surface area (Å²) in [5.41, 5.74) is 1.21. The van der Waals surface area contributed by atoms with E-state index >= 15 is 0 Å². The first-order chi connectivity index (χ1) is 13.3. The summed E-state index contributed by atoms with van der Waals surface area (Å²) in [6.07, 6.45) is 4.57. The third-order valence-electron chi connectivity index (χ3n) is 5.37. The molecule has 0 aromatic heterocycles. The maximum atomic E-state index is 12.3. The third-order valence-corrected chi connectivity index (χ3v) is 5.37. The van der Waals surface area contributed by atoms with Crippen LogP contribution in [0.3, 0.4) is 0 Å². The smallest absolute Gasteiger partial charge is 0.241 e. The first kappa shape index (κ1) is 22.9. The predicted molar refractivity (Wildman–Crippen MR) is 123 cm³/mol. The molecule has 2 aliphatic heterocycles. The van der Waals surface area contributed by atoms with Gasteiger partial charge in [0.2, 0.25) is 5.91 Å². The van der Waals surface area contributed by atoms with Crippen molar-refractivity contribution in [2.45, 2.75) is 32.3 Å². The highest BCUT2D eigenvalue weighted by molar-refractivity contribution is 14.0. The maximum Gasteiger partial charge on any atom is 0.241 e. The quantitative estimate of drug-likeness (QED) is 0.371. The average molecular weight is 500 g/mol. The number of carbonyl (C=O) groups excluding carboxylic acids is 1. The predicted octanol–water partition coefficient (Wildman–Crippen LogP) is 2.73. The normalized spacial score (nSPS) is 20.0. The van der Waals surface area contributed by atoms with E-state index in [9.17, 15) is 4.79 Å². The minimum absolute atomic E-state index is 0. The number of amides is 1. The summed E-state index contributed by atoms with van der Waals surface area (Å²) in [6.45, 7) is 5.42.